The fourth-order valence-electron chi connectivity index (χ4n) is 3.06. The lowest BCUT2D eigenvalue weighted by Gasteiger charge is -2.42. The van der Waals surface area contributed by atoms with Gasteiger partial charge in [0.25, 0.3) is 5.91 Å². The summed E-state index contributed by atoms with van der Waals surface area (Å²) in [4.78, 5) is 25.4. The Kier molecular flexibility index (Phi) is 5.36. The molecule has 126 valence electrons. The number of piperidine rings is 1. The Morgan fingerprint density at radius 2 is 2.17 bits per heavy atom. The van der Waals surface area contributed by atoms with Crippen molar-refractivity contribution in [3.8, 4) is 0 Å². The third-order valence-corrected chi connectivity index (χ3v) is 4.49. The van der Waals surface area contributed by atoms with E-state index in [0.717, 1.165) is 12.8 Å². The second-order valence-electron chi connectivity index (χ2n) is 6.15. The maximum Gasteiger partial charge on any atom is 0.253 e. The fourth-order valence-corrected chi connectivity index (χ4v) is 3.06. The summed E-state index contributed by atoms with van der Waals surface area (Å²) in [5.74, 6) is -0.847. The van der Waals surface area contributed by atoms with E-state index in [9.17, 15) is 14.0 Å². The molecule has 0 aromatic heterocycles. The van der Waals surface area contributed by atoms with Gasteiger partial charge in [-0.1, -0.05) is 0 Å². The number of nitrogens with two attached hydrogens (primary N) is 1. The van der Waals surface area contributed by atoms with Crippen molar-refractivity contribution >= 4 is 11.8 Å². The third-order valence-electron chi connectivity index (χ3n) is 4.49. The SMILES string of the molecule is COC1(CCC(N)=O)CCCN(C(=O)c2ccc(F)c(C)c2)C1. The molecule has 1 aliphatic heterocycles. The molecule has 1 atom stereocenters. The number of benzene rings is 1. The quantitative estimate of drug-likeness (QED) is 0.901. The van der Waals surface area contributed by atoms with E-state index in [-0.39, 0.29) is 24.1 Å². The van der Waals surface area contributed by atoms with Crippen molar-refractivity contribution in [2.24, 2.45) is 5.73 Å². The number of aryl methyl sites for hydroxylation is 1. The van der Waals surface area contributed by atoms with Crippen molar-refractivity contribution in [2.75, 3.05) is 20.2 Å². The highest BCUT2D eigenvalue weighted by atomic mass is 19.1. The van der Waals surface area contributed by atoms with Crippen LogP contribution in [0.15, 0.2) is 18.2 Å². The molecule has 2 rings (SSSR count). The van der Waals surface area contributed by atoms with Crippen LogP contribution in [0, 0.1) is 12.7 Å². The van der Waals surface area contributed by atoms with Crippen molar-refractivity contribution in [3.05, 3.63) is 35.1 Å². The smallest absolute Gasteiger partial charge is 0.253 e. The molecule has 2 N–H and O–H groups in total. The molecule has 1 aliphatic rings. The van der Waals surface area contributed by atoms with Gasteiger partial charge in [-0.3, -0.25) is 9.59 Å². The number of hydrogen-bond acceptors (Lipinski definition) is 3. The van der Waals surface area contributed by atoms with Gasteiger partial charge in [-0.2, -0.15) is 0 Å². The summed E-state index contributed by atoms with van der Waals surface area (Å²) in [6.07, 6.45) is 2.29. The molecule has 5 nitrogen and oxygen atoms in total. The van der Waals surface area contributed by atoms with E-state index in [0.29, 0.717) is 30.6 Å². The van der Waals surface area contributed by atoms with E-state index < -0.39 is 5.60 Å². The van der Waals surface area contributed by atoms with Gasteiger partial charge >= 0.3 is 0 Å². The summed E-state index contributed by atoms with van der Waals surface area (Å²) in [6.45, 7) is 2.66. The van der Waals surface area contributed by atoms with E-state index in [1.165, 1.54) is 12.1 Å². The number of halogens is 1. The zero-order valence-corrected chi connectivity index (χ0v) is 13.6. The minimum Gasteiger partial charge on any atom is -0.376 e. The van der Waals surface area contributed by atoms with Gasteiger partial charge in [0.15, 0.2) is 0 Å². The highest BCUT2D eigenvalue weighted by Crippen LogP contribution is 2.30. The summed E-state index contributed by atoms with van der Waals surface area (Å²) < 4.78 is 19.0. The van der Waals surface area contributed by atoms with Crippen molar-refractivity contribution in [3.63, 3.8) is 0 Å². The molecule has 1 unspecified atom stereocenters. The van der Waals surface area contributed by atoms with E-state index in [2.05, 4.69) is 0 Å². The van der Waals surface area contributed by atoms with Crippen LogP contribution in [0.25, 0.3) is 0 Å². The molecule has 2 amide bonds. The van der Waals surface area contributed by atoms with Crippen LogP contribution >= 0.6 is 0 Å². The summed E-state index contributed by atoms with van der Waals surface area (Å²) >= 11 is 0. The zero-order chi connectivity index (χ0) is 17.0. The van der Waals surface area contributed by atoms with Crippen molar-refractivity contribution in [1.29, 1.82) is 0 Å². The summed E-state index contributed by atoms with van der Waals surface area (Å²) in [7, 11) is 1.59. The first kappa shape index (κ1) is 17.4. The van der Waals surface area contributed by atoms with Crippen LogP contribution < -0.4 is 5.73 Å². The molecule has 0 spiro atoms. The predicted molar refractivity (Wildman–Crippen MR) is 84.4 cm³/mol. The number of nitrogens with zero attached hydrogens (tertiary/aromatic N) is 1. The van der Waals surface area contributed by atoms with E-state index in [4.69, 9.17) is 10.5 Å². The van der Waals surface area contributed by atoms with Crippen LogP contribution in [0.5, 0.6) is 0 Å². The largest absolute Gasteiger partial charge is 0.376 e. The maximum absolute atomic E-state index is 13.4. The molecule has 1 fully saturated rings. The lowest BCUT2D eigenvalue weighted by Crippen LogP contribution is -2.51. The second-order valence-corrected chi connectivity index (χ2v) is 6.15. The Hall–Kier alpha value is -1.95. The normalized spacial score (nSPS) is 21.3. The summed E-state index contributed by atoms with van der Waals surface area (Å²) in [5.41, 5.74) is 5.59. The van der Waals surface area contributed by atoms with E-state index >= 15 is 0 Å². The molecule has 6 heteroatoms. The highest BCUT2D eigenvalue weighted by molar-refractivity contribution is 5.94. The molecule has 1 aromatic carbocycles. The van der Waals surface area contributed by atoms with Crippen LogP contribution in [0.4, 0.5) is 4.39 Å². The first-order valence-electron chi connectivity index (χ1n) is 7.76. The van der Waals surface area contributed by atoms with Gasteiger partial charge in [0.05, 0.1) is 5.60 Å². The first-order chi connectivity index (χ1) is 10.9. The number of carbonyl (C=O) groups is 2. The van der Waals surface area contributed by atoms with Crippen molar-refractivity contribution in [1.82, 2.24) is 4.90 Å². The van der Waals surface area contributed by atoms with Gasteiger partial charge in [-0.25, -0.2) is 4.39 Å². The predicted octanol–water partition coefficient (Wildman–Crippen LogP) is 2.02. The number of likely N-dealkylation sites (tertiary alicyclic amines) is 1. The summed E-state index contributed by atoms with van der Waals surface area (Å²) in [5, 5.41) is 0. The Morgan fingerprint density at radius 1 is 1.43 bits per heavy atom. The minimum absolute atomic E-state index is 0.145. The Balaban J connectivity index is 2.14. The lowest BCUT2D eigenvalue weighted by atomic mass is 9.87. The second kappa shape index (κ2) is 7.08. The van der Waals surface area contributed by atoms with Gasteiger partial charge in [0.1, 0.15) is 5.82 Å². The number of carbonyl (C=O) groups excluding carboxylic acids is 2. The molecule has 0 radical (unpaired) electrons. The number of methoxy groups -OCH3 is 1. The number of ether oxygens (including phenoxy) is 1. The van der Waals surface area contributed by atoms with Gasteiger partial charge in [0.2, 0.25) is 5.91 Å². The lowest BCUT2D eigenvalue weighted by molar-refractivity contribution is -0.120. The zero-order valence-electron chi connectivity index (χ0n) is 13.6. The molecule has 0 saturated carbocycles. The number of amides is 2. The first-order valence-corrected chi connectivity index (χ1v) is 7.76. The highest BCUT2D eigenvalue weighted by Gasteiger charge is 2.37. The standard InChI is InChI=1S/C17H23FN2O3/c1-12-10-13(4-5-14(12)18)16(22)20-9-3-7-17(11-20,23-2)8-6-15(19)21/h4-5,10H,3,6-9,11H2,1-2H3,(H2,19,21). The number of hydrogen-bond donors (Lipinski definition) is 1. The van der Waals surface area contributed by atoms with E-state index in [1.807, 2.05) is 0 Å². The third kappa shape index (κ3) is 4.07. The average molecular weight is 322 g/mol. The van der Waals surface area contributed by atoms with Crippen molar-refractivity contribution in [2.45, 2.75) is 38.2 Å². The molecule has 0 bridgehead atoms. The average Bonchev–Trinajstić information content (AvgIpc) is 2.55. The van der Waals surface area contributed by atoms with Crippen molar-refractivity contribution < 1.29 is 18.7 Å². The number of rotatable bonds is 5. The Labute approximate surface area is 135 Å². The topological polar surface area (TPSA) is 72.6 Å². The minimum atomic E-state index is -0.544. The van der Waals surface area contributed by atoms with Crippen LogP contribution in [-0.4, -0.2) is 42.5 Å². The number of primary amides is 1. The van der Waals surface area contributed by atoms with Gasteiger partial charge in [-0.05, 0) is 49.9 Å². The molecule has 1 heterocycles. The van der Waals surface area contributed by atoms with Crippen LogP contribution in [0.1, 0.15) is 41.6 Å². The van der Waals surface area contributed by atoms with Gasteiger partial charge < -0.3 is 15.4 Å². The molecule has 1 saturated heterocycles. The molecule has 0 aliphatic carbocycles. The Bertz CT molecular complexity index is 606. The van der Waals surface area contributed by atoms with Gasteiger partial charge in [0, 0.05) is 32.2 Å². The van der Waals surface area contributed by atoms with Crippen LogP contribution in [-0.2, 0) is 9.53 Å². The van der Waals surface area contributed by atoms with Crippen LogP contribution in [0.2, 0.25) is 0 Å². The summed E-state index contributed by atoms with van der Waals surface area (Å²) in [6, 6.07) is 4.37. The Morgan fingerprint density at radius 3 is 2.78 bits per heavy atom. The fraction of sp³-hybridized carbons (Fsp3) is 0.529. The molecule has 1 aromatic rings. The van der Waals surface area contributed by atoms with Crippen LogP contribution in [0.3, 0.4) is 0 Å². The molecule has 23 heavy (non-hydrogen) atoms. The monoisotopic (exact) mass is 322 g/mol. The molecular formula is C17H23FN2O3. The van der Waals surface area contributed by atoms with Gasteiger partial charge in [-0.15, -0.1) is 0 Å². The van der Waals surface area contributed by atoms with E-state index in [1.54, 1.807) is 25.0 Å². The molecular weight excluding hydrogens is 299 g/mol. The maximum atomic E-state index is 13.4.